The number of nitrogens with zero attached hydrogens (tertiary/aromatic N) is 4. The van der Waals surface area contributed by atoms with Gasteiger partial charge in [-0.05, 0) is 17.7 Å². The fraction of sp³-hybridized carbons (Fsp3) is 0. The maximum atomic E-state index is 9.21. The molecule has 0 atom stereocenters. The van der Waals surface area contributed by atoms with Gasteiger partial charge in [-0.2, -0.15) is 5.10 Å². The van der Waals surface area contributed by atoms with Crippen LogP contribution in [-0.4, -0.2) is 26.2 Å². The first-order valence-electron chi connectivity index (χ1n) is 4.49. The normalized spacial score (nSPS) is 10.8. The smallest absolute Gasteiger partial charge is 0.263 e. The Morgan fingerprint density at radius 2 is 2.38 bits per heavy atom. The van der Waals surface area contributed by atoms with Crippen molar-refractivity contribution >= 4 is 12.2 Å². The van der Waals surface area contributed by atoms with Crippen LogP contribution < -0.4 is 11.3 Å². The van der Waals surface area contributed by atoms with Crippen molar-refractivity contribution in [1.29, 1.82) is 0 Å². The molecule has 0 saturated carbocycles. The summed E-state index contributed by atoms with van der Waals surface area (Å²) < 4.78 is 1.21. The monoisotopic (exact) mass is 218 g/mol. The second-order valence-corrected chi connectivity index (χ2v) is 3.03. The molecule has 0 unspecified atom stereocenters. The van der Waals surface area contributed by atoms with Crippen molar-refractivity contribution in [2.24, 2.45) is 5.10 Å². The van der Waals surface area contributed by atoms with E-state index < -0.39 is 0 Å². The number of nitrogens with one attached hydrogen (secondary N) is 1. The Kier molecular flexibility index (Phi) is 2.68. The number of phenolic OH excluding ortho intramolecular Hbond substituents is 1. The molecule has 7 nitrogen and oxygen atoms in total. The van der Waals surface area contributed by atoms with Crippen molar-refractivity contribution in [2.45, 2.75) is 0 Å². The Morgan fingerprint density at radius 3 is 3.06 bits per heavy atom. The predicted octanol–water partition coefficient (Wildman–Crippen LogP) is 0.143. The topological polar surface area (TPSA) is 101 Å². The quantitative estimate of drug-likeness (QED) is 0.386. The van der Waals surface area contributed by atoms with Gasteiger partial charge in [0.1, 0.15) is 12.1 Å². The third-order valence-corrected chi connectivity index (χ3v) is 1.82. The molecule has 82 valence electrons. The molecule has 2 rings (SSSR count). The number of benzene rings is 1. The highest BCUT2D eigenvalue weighted by Crippen LogP contribution is 2.08. The molecular weight excluding hydrogens is 208 g/mol. The fourth-order valence-electron chi connectivity index (χ4n) is 1.09. The van der Waals surface area contributed by atoms with Gasteiger partial charge < -0.3 is 10.9 Å². The first-order chi connectivity index (χ1) is 7.75. The van der Waals surface area contributed by atoms with E-state index in [0.29, 0.717) is 5.95 Å². The molecule has 1 aromatic heterocycles. The molecule has 0 amide bonds. The van der Waals surface area contributed by atoms with Gasteiger partial charge in [-0.1, -0.05) is 12.1 Å². The van der Waals surface area contributed by atoms with Gasteiger partial charge in [0.2, 0.25) is 0 Å². The molecule has 0 saturated heterocycles. The van der Waals surface area contributed by atoms with E-state index in [2.05, 4.69) is 20.7 Å². The van der Waals surface area contributed by atoms with E-state index in [-0.39, 0.29) is 5.75 Å². The van der Waals surface area contributed by atoms with Gasteiger partial charge >= 0.3 is 0 Å². The lowest BCUT2D eigenvalue weighted by atomic mass is 10.2. The number of hydrogen-bond acceptors (Lipinski definition) is 6. The zero-order chi connectivity index (χ0) is 11.4. The number of aromatic nitrogens is 3. The number of aromatic hydroxyl groups is 1. The van der Waals surface area contributed by atoms with E-state index >= 15 is 0 Å². The number of nitrogen functional groups attached to an aromatic ring is 1. The van der Waals surface area contributed by atoms with Crippen molar-refractivity contribution in [3.8, 4) is 5.75 Å². The van der Waals surface area contributed by atoms with Crippen LogP contribution in [0, 0.1) is 0 Å². The van der Waals surface area contributed by atoms with E-state index in [1.54, 1.807) is 24.3 Å². The number of phenols is 1. The molecule has 0 aliphatic heterocycles. The van der Waals surface area contributed by atoms with Crippen LogP contribution in [0.2, 0.25) is 0 Å². The molecule has 1 heterocycles. The summed E-state index contributed by atoms with van der Waals surface area (Å²) in [6.07, 6.45) is 2.89. The number of hydrazone groups is 1. The molecule has 0 aliphatic rings. The Morgan fingerprint density at radius 1 is 1.50 bits per heavy atom. The number of rotatable bonds is 3. The minimum Gasteiger partial charge on any atom is -0.508 e. The molecule has 0 aliphatic carbocycles. The van der Waals surface area contributed by atoms with Gasteiger partial charge in [-0.25, -0.2) is 10.1 Å². The minimum absolute atomic E-state index is 0.186. The Hall–Kier alpha value is -2.57. The van der Waals surface area contributed by atoms with Crippen LogP contribution in [0.1, 0.15) is 5.56 Å². The van der Waals surface area contributed by atoms with Crippen LogP contribution in [0.15, 0.2) is 35.7 Å². The number of hydrogen-bond donors (Lipinski definition) is 3. The van der Waals surface area contributed by atoms with Gasteiger partial charge in [0.05, 0.1) is 6.21 Å². The molecule has 2 aromatic rings. The average Bonchev–Trinajstić information content (AvgIpc) is 2.65. The lowest BCUT2D eigenvalue weighted by Gasteiger charge is -1.97. The summed E-state index contributed by atoms with van der Waals surface area (Å²) in [5.74, 6) is 5.98. The summed E-state index contributed by atoms with van der Waals surface area (Å²) >= 11 is 0. The standard InChI is InChI=1S/C9H10N6O/c10-15-6-12-14-9(15)13-11-5-7-2-1-3-8(16)4-7/h1-6,16H,10H2,(H,13,14). The first-order valence-corrected chi connectivity index (χ1v) is 4.49. The number of nitrogens with two attached hydrogens (primary N) is 1. The first kappa shape index (κ1) is 9.97. The van der Waals surface area contributed by atoms with E-state index in [1.165, 1.54) is 17.2 Å². The predicted molar refractivity (Wildman–Crippen MR) is 59.5 cm³/mol. The minimum atomic E-state index is 0.186. The summed E-state index contributed by atoms with van der Waals surface area (Å²) in [4.78, 5) is 0. The highest BCUT2D eigenvalue weighted by Gasteiger charge is 1.96. The van der Waals surface area contributed by atoms with Crippen LogP contribution >= 0.6 is 0 Å². The SMILES string of the molecule is Nn1cnnc1NN=Cc1cccc(O)c1. The Bertz CT molecular complexity index is 506. The maximum Gasteiger partial charge on any atom is 0.263 e. The third-order valence-electron chi connectivity index (χ3n) is 1.82. The molecule has 4 N–H and O–H groups in total. The van der Waals surface area contributed by atoms with E-state index in [4.69, 9.17) is 5.84 Å². The fourth-order valence-corrected chi connectivity index (χ4v) is 1.09. The molecule has 7 heteroatoms. The average molecular weight is 218 g/mol. The molecule has 0 fully saturated rings. The molecule has 0 bridgehead atoms. The van der Waals surface area contributed by atoms with Crippen molar-refractivity contribution in [3.05, 3.63) is 36.2 Å². The van der Waals surface area contributed by atoms with Gasteiger partial charge in [0.25, 0.3) is 5.95 Å². The van der Waals surface area contributed by atoms with Crippen molar-refractivity contribution in [2.75, 3.05) is 11.3 Å². The number of anilines is 1. The zero-order valence-electron chi connectivity index (χ0n) is 8.28. The Balaban J connectivity index is 2.03. The summed E-state index contributed by atoms with van der Waals surface area (Å²) in [7, 11) is 0. The van der Waals surface area contributed by atoms with Gasteiger partial charge in [-0.3, -0.25) is 0 Å². The van der Waals surface area contributed by atoms with Gasteiger partial charge in [-0.15, -0.1) is 10.2 Å². The maximum absolute atomic E-state index is 9.21. The highest BCUT2D eigenvalue weighted by atomic mass is 16.3. The van der Waals surface area contributed by atoms with Crippen molar-refractivity contribution in [1.82, 2.24) is 14.9 Å². The Labute approximate surface area is 91.2 Å². The van der Waals surface area contributed by atoms with Crippen LogP contribution in [0.5, 0.6) is 5.75 Å². The van der Waals surface area contributed by atoms with Crippen molar-refractivity contribution < 1.29 is 5.11 Å². The molecule has 0 spiro atoms. The van der Waals surface area contributed by atoms with E-state index in [9.17, 15) is 5.11 Å². The second kappa shape index (κ2) is 4.30. The van der Waals surface area contributed by atoms with Crippen LogP contribution in [-0.2, 0) is 0 Å². The summed E-state index contributed by atoms with van der Waals surface area (Å²) in [6, 6.07) is 6.69. The molecule has 1 aromatic carbocycles. The van der Waals surface area contributed by atoms with E-state index in [1.807, 2.05) is 0 Å². The van der Waals surface area contributed by atoms with Gasteiger partial charge in [0, 0.05) is 0 Å². The summed E-state index contributed by atoms with van der Waals surface area (Å²) in [6.45, 7) is 0. The third kappa shape index (κ3) is 2.27. The second-order valence-electron chi connectivity index (χ2n) is 3.03. The van der Waals surface area contributed by atoms with Crippen LogP contribution in [0.3, 0.4) is 0 Å². The van der Waals surface area contributed by atoms with E-state index in [0.717, 1.165) is 5.56 Å². The van der Waals surface area contributed by atoms with Crippen LogP contribution in [0.25, 0.3) is 0 Å². The largest absolute Gasteiger partial charge is 0.508 e. The van der Waals surface area contributed by atoms with Crippen LogP contribution in [0.4, 0.5) is 5.95 Å². The lowest BCUT2D eigenvalue weighted by molar-refractivity contribution is 0.475. The highest BCUT2D eigenvalue weighted by molar-refractivity contribution is 5.80. The van der Waals surface area contributed by atoms with Crippen molar-refractivity contribution in [3.63, 3.8) is 0 Å². The summed E-state index contributed by atoms with van der Waals surface area (Å²) in [5, 5.41) is 20.4. The molecule has 0 radical (unpaired) electrons. The lowest BCUT2D eigenvalue weighted by Crippen LogP contribution is -2.10. The molecule has 16 heavy (non-hydrogen) atoms. The zero-order valence-corrected chi connectivity index (χ0v) is 8.28. The van der Waals surface area contributed by atoms with Gasteiger partial charge in [0.15, 0.2) is 0 Å². The summed E-state index contributed by atoms with van der Waals surface area (Å²) in [5.41, 5.74) is 3.37. The molecular formula is C9H10N6O.